The number of rotatable bonds is 6. The number of hydrogen-bond donors (Lipinski definition) is 2. The van der Waals surface area contributed by atoms with Crippen LogP contribution in [0, 0.1) is 5.82 Å². The van der Waals surface area contributed by atoms with Gasteiger partial charge in [0.15, 0.2) is 5.69 Å². The molecule has 0 saturated carbocycles. The number of hydrogen-bond acceptors (Lipinski definition) is 5. The minimum atomic E-state index is -0.293. The molecule has 8 heteroatoms. The molecule has 128 valence electrons. The van der Waals surface area contributed by atoms with Gasteiger partial charge in [0, 0.05) is 39.3 Å². The van der Waals surface area contributed by atoms with Gasteiger partial charge in [-0.25, -0.2) is 9.07 Å². The van der Waals surface area contributed by atoms with Gasteiger partial charge in [0.25, 0.3) is 5.91 Å². The normalized spacial score (nSPS) is 15.4. The Kier molecular flexibility index (Phi) is 5.50. The number of benzene rings is 1. The van der Waals surface area contributed by atoms with E-state index in [1.165, 1.54) is 16.8 Å². The summed E-state index contributed by atoms with van der Waals surface area (Å²) < 4.78 is 14.7. The molecule has 0 unspecified atom stereocenters. The van der Waals surface area contributed by atoms with Crippen LogP contribution in [0.2, 0.25) is 0 Å². The summed E-state index contributed by atoms with van der Waals surface area (Å²) in [5.74, 6) is -0.533. The predicted molar refractivity (Wildman–Crippen MR) is 87.2 cm³/mol. The minimum Gasteiger partial charge on any atom is -0.349 e. The number of nitrogens with one attached hydrogen (secondary N) is 2. The molecule has 1 saturated heterocycles. The van der Waals surface area contributed by atoms with Crippen LogP contribution in [0.5, 0.6) is 0 Å². The molecule has 2 aromatic rings. The van der Waals surface area contributed by atoms with E-state index in [-0.39, 0.29) is 17.4 Å². The Morgan fingerprint density at radius 3 is 2.96 bits per heavy atom. The third-order valence-electron chi connectivity index (χ3n) is 3.93. The second kappa shape index (κ2) is 7.98. The third-order valence-corrected chi connectivity index (χ3v) is 3.93. The van der Waals surface area contributed by atoms with Crippen LogP contribution in [0.1, 0.15) is 16.1 Å². The topological polar surface area (TPSA) is 75.1 Å². The van der Waals surface area contributed by atoms with Crippen LogP contribution in [0.25, 0.3) is 0 Å². The van der Waals surface area contributed by atoms with Gasteiger partial charge in [-0.2, -0.15) is 0 Å². The van der Waals surface area contributed by atoms with Gasteiger partial charge in [-0.3, -0.25) is 9.69 Å². The third kappa shape index (κ3) is 4.59. The van der Waals surface area contributed by atoms with Crippen molar-refractivity contribution >= 4 is 5.91 Å². The quantitative estimate of drug-likeness (QED) is 0.785. The lowest BCUT2D eigenvalue weighted by atomic mass is 10.2. The van der Waals surface area contributed by atoms with Gasteiger partial charge in [0.05, 0.1) is 12.7 Å². The highest BCUT2D eigenvalue weighted by Gasteiger charge is 2.13. The molecule has 1 amide bonds. The summed E-state index contributed by atoms with van der Waals surface area (Å²) in [5, 5.41) is 14.0. The van der Waals surface area contributed by atoms with Crippen LogP contribution in [0.3, 0.4) is 0 Å². The molecule has 1 fully saturated rings. The van der Waals surface area contributed by atoms with Crippen LogP contribution in [-0.2, 0) is 6.54 Å². The fourth-order valence-corrected chi connectivity index (χ4v) is 2.65. The van der Waals surface area contributed by atoms with E-state index in [0.717, 1.165) is 38.3 Å². The lowest BCUT2D eigenvalue weighted by Gasteiger charge is -2.26. The first kappa shape index (κ1) is 16.5. The average molecular weight is 332 g/mol. The van der Waals surface area contributed by atoms with Crippen LogP contribution in [-0.4, -0.2) is 65.1 Å². The molecule has 0 atom stereocenters. The maximum Gasteiger partial charge on any atom is 0.273 e. The highest BCUT2D eigenvalue weighted by Crippen LogP contribution is 2.05. The van der Waals surface area contributed by atoms with Crippen molar-refractivity contribution in [3.05, 3.63) is 47.5 Å². The number of nitrogens with zero attached hydrogens (tertiary/aromatic N) is 4. The Morgan fingerprint density at radius 1 is 1.33 bits per heavy atom. The van der Waals surface area contributed by atoms with Crippen LogP contribution < -0.4 is 10.6 Å². The Balaban J connectivity index is 1.48. The van der Waals surface area contributed by atoms with Gasteiger partial charge in [-0.05, 0) is 17.7 Å². The van der Waals surface area contributed by atoms with Gasteiger partial charge in [-0.15, -0.1) is 5.10 Å². The van der Waals surface area contributed by atoms with Crippen LogP contribution in [0.4, 0.5) is 4.39 Å². The summed E-state index contributed by atoms with van der Waals surface area (Å²) >= 11 is 0. The Hall–Kier alpha value is -2.32. The lowest BCUT2D eigenvalue weighted by molar-refractivity contribution is 0.0942. The fourth-order valence-electron chi connectivity index (χ4n) is 2.65. The number of halogens is 1. The molecule has 1 aliphatic heterocycles. The summed E-state index contributed by atoms with van der Waals surface area (Å²) in [7, 11) is 0. The van der Waals surface area contributed by atoms with E-state index in [4.69, 9.17) is 0 Å². The monoisotopic (exact) mass is 332 g/mol. The average Bonchev–Trinajstić information content (AvgIpc) is 3.04. The van der Waals surface area contributed by atoms with Crippen LogP contribution in [0.15, 0.2) is 30.5 Å². The van der Waals surface area contributed by atoms with Crippen molar-refractivity contribution in [1.82, 2.24) is 30.5 Å². The zero-order chi connectivity index (χ0) is 16.8. The number of carbonyl (C=O) groups is 1. The summed E-state index contributed by atoms with van der Waals surface area (Å²) in [6.45, 7) is 5.75. The summed E-state index contributed by atoms with van der Waals surface area (Å²) in [5.41, 5.74) is 1.04. The molecule has 0 radical (unpaired) electrons. The van der Waals surface area contributed by atoms with Crippen molar-refractivity contribution < 1.29 is 9.18 Å². The highest BCUT2D eigenvalue weighted by molar-refractivity contribution is 5.91. The largest absolute Gasteiger partial charge is 0.349 e. The highest BCUT2D eigenvalue weighted by atomic mass is 19.1. The first-order chi connectivity index (χ1) is 11.7. The Morgan fingerprint density at radius 2 is 2.17 bits per heavy atom. The van der Waals surface area contributed by atoms with E-state index >= 15 is 0 Å². The molecule has 2 N–H and O–H groups in total. The van der Waals surface area contributed by atoms with Crippen molar-refractivity contribution in [2.24, 2.45) is 0 Å². The van der Waals surface area contributed by atoms with E-state index < -0.39 is 0 Å². The second-order valence-electron chi connectivity index (χ2n) is 5.78. The van der Waals surface area contributed by atoms with Crippen molar-refractivity contribution in [3.63, 3.8) is 0 Å². The summed E-state index contributed by atoms with van der Waals surface area (Å²) in [6, 6.07) is 6.28. The van der Waals surface area contributed by atoms with E-state index in [1.54, 1.807) is 18.3 Å². The Labute approximate surface area is 139 Å². The first-order valence-electron chi connectivity index (χ1n) is 8.06. The SMILES string of the molecule is O=C(NCCN1CCNCC1)c1cn(Cc2cccc(F)c2)nn1. The van der Waals surface area contributed by atoms with Crippen molar-refractivity contribution in [2.75, 3.05) is 39.3 Å². The number of amides is 1. The maximum absolute atomic E-state index is 13.2. The number of carbonyl (C=O) groups excluding carboxylic acids is 1. The molecule has 24 heavy (non-hydrogen) atoms. The second-order valence-corrected chi connectivity index (χ2v) is 5.78. The van der Waals surface area contributed by atoms with Gasteiger partial charge in [0.2, 0.25) is 0 Å². The zero-order valence-electron chi connectivity index (χ0n) is 13.4. The summed E-state index contributed by atoms with van der Waals surface area (Å²) in [4.78, 5) is 14.4. The molecule has 3 rings (SSSR count). The van der Waals surface area contributed by atoms with E-state index in [1.807, 2.05) is 0 Å². The zero-order valence-corrected chi connectivity index (χ0v) is 13.4. The lowest BCUT2D eigenvalue weighted by Crippen LogP contribution is -2.46. The van der Waals surface area contributed by atoms with E-state index in [2.05, 4.69) is 25.8 Å². The molecule has 7 nitrogen and oxygen atoms in total. The molecule has 2 heterocycles. The van der Waals surface area contributed by atoms with Gasteiger partial charge < -0.3 is 10.6 Å². The standard InChI is InChI=1S/C16H21FN6O/c17-14-3-1-2-13(10-14)11-23-12-15(20-21-23)16(24)19-6-9-22-7-4-18-5-8-22/h1-3,10,12,18H,4-9,11H2,(H,19,24). The molecule has 1 aromatic carbocycles. The molecule has 1 aromatic heterocycles. The predicted octanol–water partition coefficient (Wildman–Crippen LogP) is 0.101. The van der Waals surface area contributed by atoms with E-state index in [0.29, 0.717) is 13.1 Å². The van der Waals surface area contributed by atoms with Gasteiger partial charge in [0.1, 0.15) is 5.82 Å². The first-order valence-corrected chi connectivity index (χ1v) is 8.06. The summed E-state index contributed by atoms with van der Waals surface area (Å²) in [6.07, 6.45) is 1.57. The minimum absolute atomic E-state index is 0.240. The Bertz CT molecular complexity index is 683. The smallest absolute Gasteiger partial charge is 0.273 e. The molecule has 1 aliphatic rings. The van der Waals surface area contributed by atoms with Gasteiger partial charge >= 0.3 is 0 Å². The van der Waals surface area contributed by atoms with Crippen molar-refractivity contribution in [1.29, 1.82) is 0 Å². The fraction of sp³-hybridized carbons (Fsp3) is 0.438. The molecule has 0 bridgehead atoms. The molecular formula is C16H21FN6O. The number of aromatic nitrogens is 3. The van der Waals surface area contributed by atoms with Gasteiger partial charge in [-0.1, -0.05) is 17.3 Å². The molecule has 0 aliphatic carbocycles. The molecular weight excluding hydrogens is 311 g/mol. The molecule has 0 spiro atoms. The van der Waals surface area contributed by atoms with Crippen molar-refractivity contribution in [3.8, 4) is 0 Å². The van der Waals surface area contributed by atoms with Crippen LogP contribution >= 0.6 is 0 Å². The number of piperazine rings is 1. The maximum atomic E-state index is 13.2. The van der Waals surface area contributed by atoms with E-state index in [9.17, 15) is 9.18 Å². The van der Waals surface area contributed by atoms with Crippen molar-refractivity contribution in [2.45, 2.75) is 6.54 Å².